The number of aromatic nitrogens is 3. The molecule has 0 spiro atoms. The van der Waals surface area contributed by atoms with Gasteiger partial charge in [-0.1, -0.05) is 23.9 Å². The van der Waals surface area contributed by atoms with Gasteiger partial charge in [-0.05, 0) is 23.6 Å². The van der Waals surface area contributed by atoms with E-state index in [0.717, 1.165) is 5.82 Å². The molecule has 152 valence electrons. The van der Waals surface area contributed by atoms with Crippen LogP contribution in [-0.4, -0.2) is 40.6 Å². The van der Waals surface area contributed by atoms with E-state index in [-0.39, 0.29) is 11.7 Å². The highest BCUT2D eigenvalue weighted by atomic mass is 32.2. The van der Waals surface area contributed by atoms with E-state index in [4.69, 9.17) is 9.47 Å². The van der Waals surface area contributed by atoms with Gasteiger partial charge in [0.2, 0.25) is 5.91 Å². The van der Waals surface area contributed by atoms with Crippen LogP contribution in [0.1, 0.15) is 10.7 Å². The topological polar surface area (TPSA) is 78.3 Å². The quantitative estimate of drug-likeness (QED) is 0.389. The number of thioether (sulfide) groups is 1. The molecule has 1 N–H and O–H groups in total. The van der Waals surface area contributed by atoms with Gasteiger partial charge in [0.15, 0.2) is 5.16 Å². The lowest BCUT2D eigenvalue weighted by Gasteiger charge is -2.11. The van der Waals surface area contributed by atoms with E-state index in [2.05, 4.69) is 28.2 Å². The van der Waals surface area contributed by atoms with Crippen molar-refractivity contribution in [3.05, 3.63) is 59.1 Å². The van der Waals surface area contributed by atoms with Gasteiger partial charge >= 0.3 is 0 Å². The number of benzene rings is 1. The van der Waals surface area contributed by atoms with Crippen LogP contribution < -0.4 is 14.8 Å². The fourth-order valence-corrected chi connectivity index (χ4v) is 4.12. The van der Waals surface area contributed by atoms with Gasteiger partial charge in [0.1, 0.15) is 17.3 Å². The van der Waals surface area contributed by atoms with Crippen LogP contribution in [0.15, 0.2) is 53.5 Å². The van der Waals surface area contributed by atoms with Crippen molar-refractivity contribution in [1.29, 1.82) is 0 Å². The predicted octanol–water partition coefficient (Wildman–Crippen LogP) is 3.86. The van der Waals surface area contributed by atoms with E-state index in [1.807, 2.05) is 16.0 Å². The number of nitrogens with one attached hydrogen (secondary N) is 1. The average Bonchev–Trinajstić information content (AvgIpc) is 3.38. The summed E-state index contributed by atoms with van der Waals surface area (Å²) in [5.41, 5.74) is 0.588. The average molecular weight is 431 g/mol. The monoisotopic (exact) mass is 430 g/mol. The Balaban J connectivity index is 1.65. The molecule has 1 aromatic carbocycles. The highest BCUT2D eigenvalue weighted by Gasteiger charge is 2.15. The maximum atomic E-state index is 12.4. The number of anilines is 1. The number of rotatable bonds is 10. The van der Waals surface area contributed by atoms with Crippen molar-refractivity contribution in [1.82, 2.24) is 14.8 Å². The molecule has 7 nitrogen and oxygen atoms in total. The highest BCUT2D eigenvalue weighted by molar-refractivity contribution is 7.99. The molecule has 0 aliphatic heterocycles. The lowest BCUT2D eigenvalue weighted by atomic mass is 10.2. The minimum Gasteiger partial charge on any atom is -0.497 e. The number of carbonyl (C=O) groups excluding carboxylic acids is 1. The molecule has 0 aliphatic carbocycles. The molecular formula is C20H22N4O3S2. The number of allylic oxidation sites excluding steroid dienone is 1. The summed E-state index contributed by atoms with van der Waals surface area (Å²) < 4.78 is 12.5. The molecule has 1 amide bonds. The normalized spacial score (nSPS) is 10.6. The van der Waals surface area contributed by atoms with Gasteiger partial charge in [0.25, 0.3) is 0 Å². The standard InChI is InChI=1S/C20H22N4O3S2/c1-4-9-24-18(12-15-6-5-10-28-15)22-23-20(24)29-13-19(25)21-16-8-7-14(26-2)11-17(16)27-3/h4-8,10-11H,1,9,12-13H2,2-3H3,(H,21,25). The van der Waals surface area contributed by atoms with Crippen LogP contribution in [0.5, 0.6) is 11.5 Å². The molecule has 0 unspecified atom stereocenters. The smallest absolute Gasteiger partial charge is 0.234 e. The highest BCUT2D eigenvalue weighted by Crippen LogP contribution is 2.29. The first-order valence-corrected chi connectivity index (χ1v) is 10.7. The van der Waals surface area contributed by atoms with Crippen LogP contribution in [0.2, 0.25) is 0 Å². The van der Waals surface area contributed by atoms with Crippen molar-refractivity contribution >= 4 is 34.7 Å². The second-order valence-electron chi connectivity index (χ2n) is 5.96. The largest absolute Gasteiger partial charge is 0.497 e. The SMILES string of the molecule is C=CCn1c(Cc2cccs2)nnc1SCC(=O)Nc1ccc(OC)cc1OC. The summed E-state index contributed by atoms with van der Waals surface area (Å²) in [6, 6.07) is 9.32. The summed E-state index contributed by atoms with van der Waals surface area (Å²) in [5, 5.41) is 14.2. The van der Waals surface area contributed by atoms with Crippen molar-refractivity contribution in [3.8, 4) is 11.5 Å². The third-order valence-corrected chi connectivity index (χ3v) is 5.88. The van der Waals surface area contributed by atoms with Crippen LogP contribution >= 0.6 is 23.1 Å². The van der Waals surface area contributed by atoms with E-state index < -0.39 is 0 Å². The van der Waals surface area contributed by atoms with Crippen LogP contribution in [-0.2, 0) is 17.8 Å². The third kappa shape index (κ3) is 5.39. The molecule has 0 saturated heterocycles. The molecule has 2 aromatic heterocycles. The minimum atomic E-state index is -0.161. The Labute approximate surface area is 177 Å². The van der Waals surface area contributed by atoms with Gasteiger partial charge in [-0.3, -0.25) is 4.79 Å². The number of hydrogen-bond donors (Lipinski definition) is 1. The number of ether oxygens (including phenoxy) is 2. The summed E-state index contributed by atoms with van der Waals surface area (Å²) in [7, 11) is 3.13. The van der Waals surface area contributed by atoms with Crippen molar-refractivity contribution in [3.63, 3.8) is 0 Å². The molecule has 2 heterocycles. The van der Waals surface area contributed by atoms with Crippen LogP contribution in [0.3, 0.4) is 0 Å². The van der Waals surface area contributed by atoms with Gasteiger partial charge in [-0.2, -0.15) is 0 Å². The second-order valence-corrected chi connectivity index (χ2v) is 7.93. The third-order valence-electron chi connectivity index (χ3n) is 4.03. The number of nitrogens with zero attached hydrogens (tertiary/aromatic N) is 3. The lowest BCUT2D eigenvalue weighted by molar-refractivity contribution is -0.113. The van der Waals surface area contributed by atoms with Crippen molar-refractivity contribution in [2.24, 2.45) is 0 Å². The first kappa shape index (κ1) is 20.9. The van der Waals surface area contributed by atoms with Gasteiger partial charge in [0, 0.05) is 23.9 Å². The molecule has 0 atom stereocenters. The first-order valence-electron chi connectivity index (χ1n) is 8.84. The van der Waals surface area contributed by atoms with Crippen molar-refractivity contribution in [2.75, 3.05) is 25.3 Å². The van der Waals surface area contributed by atoms with E-state index in [0.29, 0.717) is 35.3 Å². The van der Waals surface area contributed by atoms with E-state index in [1.54, 1.807) is 49.8 Å². The Morgan fingerprint density at radius 1 is 1.31 bits per heavy atom. The fraction of sp³-hybridized carbons (Fsp3) is 0.250. The maximum absolute atomic E-state index is 12.4. The van der Waals surface area contributed by atoms with E-state index in [9.17, 15) is 4.79 Å². The zero-order chi connectivity index (χ0) is 20.6. The van der Waals surface area contributed by atoms with Gasteiger partial charge in [0.05, 0.1) is 25.7 Å². The van der Waals surface area contributed by atoms with E-state index in [1.165, 1.54) is 16.6 Å². The number of carbonyl (C=O) groups is 1. The Morgan fingerprint density at radius 2 is 2.17 bits per heavy atom. The summed E-state index contributed by atoms with van der Waals surface area (Å²) in [6.45, 7) is 4.40. The molecular weight excluding hydrogens is 408 g/mol. The molecule has 0 radical (unpaired) electrons. The van der Waals surface area contributed by atoms with Crippen LogP contribution in [0, 0.1) is 0 Å². The minimum absolute atomic E-state index is 0.161. The maximum Gasteiger partial charge on any atom is 0.234 e. The zero-order valence-electron chi connectivity index (χ0n) is 16.3. The number of amides is 1. The Hall–Kier alpha value is -2.78. The van der Waals surface area contributed by atoms with Gasteiger partial charge in [-0.15, -0.1) is 28.1 Å². The predicted molar refractivity (Wildman–Crippen MR) is 116 cm³/mol. The summed E-state index contributed by atoms with van der Waals surface area (Å²) in [4.78, 5) is 13.7. The lowest BCUT2D eigenvalue weighted by Crippen LogP contribution is -2.15. The Bertz CT molecular complexity index is 970. The number of thiophene rings is 1. The molecule has 0 fully saturated rings. The van der Waals surface area contributed by atoms with Gasteiger partial charge < -0.3 is 19.4 Å². The molecule has 9 heteroatoms. The molecule has 3 rings (SSSR count). The summed E-state index contributed by atoms with van der Waals surface area (Å²) in [6.07, 6.45) is 2.50. The fourth-order valence-electron chi connectivity index (χ4n) is 2.66. The van der Waals surface area contributed by atoms with Gasteiger partial charge in [-0.25, -0.2) is 0 Å². The molecule has 29 heavy (non-hydrogen) atoms. The van der Waals surface area contributed by atoms with Crippen molar-refractivity contribution in [2.45, 2.75) is 18.1 Å². The molecule has 0 saturated carbocycles. The molecule has 0 aliphatic rings. The number of hydrogen-bond acceptors (Lipinski definition) is 7. The summed E-state index contributed by atoms with van der Waals surface area (Å²) >= 11 is 3.02. The number of methoxy groups -OCH3 is 2. The first-order chi connectivity index (χ1) is 14.1. The van der Waals surface area contributed by atoms with Crippen molar-refractivity contribution < 1.29 is 14.3 Å². The molecule has 0 bridgehead atoms. The Morgan fingerprint density at radius 3 is 2.86 bits per heavy atom. The summed E-state index contributed by atoms with van der Waals surface area (Å²) in [5.74, 6) is 2.09. The molecule has 3 aromatic rings. The Kier molecular flexibility index (Phi) is 7.31. The van der Waals surface area contributed by atoms with Crippen LogP contribution in [0.4, 0.5) is 5.69 Å². The van der Waals surface area contributed by atoms with Crippen LogP contribution in [0.25, 0.3) is 0 Å². The van der Waals surface area contributed by atoms with E-state index >= 15 is 0 Å². The second kappa shape index (κ2) is 10.1. The zero-order valence-corrected chi connectivity index (χ0v) is 17.9.